The van der Waals surface area contributed by atoms with Gasteiger partial charge in [0.25, 0.3) is 0 Å². The smallest absolute Gasteiger partial charge is 0.223 e. The van der Waals surface area contributed by atoms with Crippen LogP contribution < -0.4 is 14.2 Å². The third-order valence-electron chi connectivity index (χ3n) is 1.78. The molecule has 1 aromatic heterocycles. The van der Waals surface area contributed by atoms with Gasteiger partial charge in [-0.1, -0.05) is 0 Å². The summed E-state index contributed by atoms with van der Waals surface area (Å²) >= 11 is 0. The predicted octanol–water partition coefficient (Wildman–Crippen LogP) is 1.42. The monoisotopic (exact) mass is 183 g/mol. The van der Waals surface area contributed by atoms with Crippen molar-refractivity contribution in [2.75, 3.05) is 21.3 Å². The quantitative estimate of drug-likeness (QED) is 0.710. The number of aromatic nitrogens is 1. The second kappa shape index (κ2) is 3.98. The van der Waals surface area contributed by atoms with Crippen molar-refractivity contribution < 1.29 is 14.2 Å². The lowest BCUT2D eigenvalue weighted by Crippen LogP contribution is -1.97. The summed E-state index contributed by atoms with van der Waals surface area (Å²) in [5.41, 5.74) is 0.866. The maximum atomic E-state index is 5.13. The van der Waals surface area contributed by atoms with Crippen molar-refractivity contribution in [3.05, 3.63) is 11.6 Å². The Hall–Kier alpha value is -1.45. The molecule has 0 atom stereocenters. The molecule has 0 aliphatic carbocycles. The molecule has 0 aliphatic heterocycles. The van der Waals surface area contributed by atoms with Gasteiger partial charge in [-0.25, -0.2) is 0 Å². The van der Waals surface area contributed by atoms with Crippen molar-refractivity contribution in [2.45, 2.75) is 6.92 Å². The lowest BCUT2D eigenvalue weighted by Gasteiger charge is -2.10. The number of nitrogens with zero attached hydrogens (tertiary/aromatic N) is 1. The van der Waals surface area contributed by atoms with Crippen LogP contribution in [0.15, 0.2) is 6.07 Å². The van der Waals surface area contributed by atoms with Crippen LogP contribution in [0.3, 0.4) is 0 Å². The van der Waals surface area contributed by atoms with Crippen molar-refractivity contribution in [2.24, 2.45) is 0 Å². The predicted molar refractivity (Wildman–Crippen MR) is 48.6 cm³/mol. The van der Waals surface area contributed by atoms with E-state index in [9.17, 15) is 0 Å². The molecule has 0 spiro atoms. The molecule has 0 unspecified atom stereocenters. The fourth-order valence-electron chi connectivity index (χ4n) is 1.06. The second-order valence-electron chi connectivity index (χ2n) is 2.50. The Morgan fingerprint density at radius 1 is 1.08 bits per heavy atom. The molecule has 0 saturated heterocycles. The number of pyridine rings is 1. The van der Waals surface area contributed by atoms with Crippen LogP contribution in [-0.4, -0.2) is 26.3 Å². The van der Waals surface area contributed by atoms with Crippen LogP contribution in [0, 0.1) is 6.92 Å². The minimum Gasteiger partial charge on any atom is -0.496 e. The fraction of sp³-hybridized carbons (Fsp3) is 0.444. The van der Waals surface area contributed by atoms with Crippen LogP contribution in [-0.2, 0) is 0 Å². The van der Waals surface area contributed by atoms with E-state index < -0.39 is 0 Å². The number of ether oxygens (including phenoxy) is 3. The lowest BCUT2D eigenvalue weighted by atomic mass is 10.3. The molecule has 0 N–H and O–H groups in total. The Morgan fingerprint density at radius 2 is 1.77 bits per heavy atom. The topological polar surface area (TPSA) is 40.6 Å². The van der Waals surface area contributed by atoms with Gasteiger partial charge in [-0.15, -0.1) is 0 Å². The van der Waals surface area contributed by atoms with Crippen LogP contribution in [0.4, 0.5) is 0 Å². The first-order chi connectivity index (χ1) is 6.22. The summed E-state index contributed by atoms with van der Waals surface area (Å²) in [5.74, 6) is 1.72. The van der Waals surface area contributed by atoms with Crippen LogP contribution in [0.2, 0.25) is 0 Å². The lowest BCUT2D eigenvalue weighted by molar-refractivity contribution is 0.348. The zero-order valence-corrected chi connectivity index (χ0v) is 8.25. The second-order valence-corrected chi connectivity index (χ2v) is 2.50. The molecule has 1 aromatic rings. The first-order valence-corrected chi connectivity index (χ1v) is 3.86. The number of methoxy groups -OCH3 is 3. The van der Waals surface area contributed by atoms with Crippen molar-refractivity contribution >= 4 is 0 Å². The molecule has 0 amide bonds. The number of rotatable bonds is 3. The van der Waals surface area contributed by atoms with Gasteiger partial charge in [0.05, 0.1) is 26.9 Å². The third-order valence-corrected chi connectivity index (χ3v) is 1.78. The Kier molecular flexibility index (Phi) is 2.95. The van der Waals surface area contributed by atoms with E-state index >= 15 is 0 Å². The minimum absolute atomic E-state index is 0.485. The van der Waals surface area contributed by atoms with E-state index in [-0.39, 0.29) is 0 Å². The third kappa shape index (κ3) is 1.83. The fourth-order valence-corrected chi connectivity index (χ4v) is 1.06. The standard InChI is InChI=1S/C9H13NO3/c1-6-7(11-2)5-8(12-3)10-9(6)13-4/h5H,1-4H3. The first-order valence-electron chi connectivity index (χ1n) is 3.86. The number of hydrogen-bond donors (Lipinski definition) is 0. The van der Waals surface area contributed by atoms with Crippen LogP contribution in [0.1, 0.15) is 5.56 Å². The molecule has 0 saturated carbocycles. The Morgan fingerprint density at radius 3 is 2.23 bits per heavy atom. The van der Waals surface area contributed by atoms with Gasteiger partial charge in [0.2, 0.25) is 11.8 Å². The minimum atomic E-state index is 0.485. The van der Waals surface area contributed by atoms with Crippen molar-refractivity contribution in [3.63, 3.8) is 0 Å². The largest absolute Gasteiger partial charge is 0.496 e. The van der Waals surface area contributed by atoms with Gasteiger partial charge in [0.15, 0.2) is 0 Å². The van der Waals surface area contributed by atoms with Crippen molar-refractivity contribution in [1.82, 2.24) is 4.98 Å². The Bertz CT molecular complexity index is 274. The van der Waals surface area contributed by atoms with Crippen LogP contribution in [0.25, 0.3) is 0 Å². The highest BCUT2D eigenvalue weighted by Gasteiger charge is 2.09. The van der Waals surface area contributed by atoms with E-state index in [2.05, 4.69) is 4.98 Å². The summed E-state index contributed by atoms with van der Waals surface area (Å²) in [4.78, 5) is 4.09. The maximum absolute atomic E-state index is 5.13. The highest BCUT2D eigenvalue weighted by atomic mass is 16.5. The zero-order chi connectivity index (χ0) is 9.84. The van der Waals surface area contributed by atoms with E-state index in [1.54, 1.807) is 27.4 Å². The van der Waals surface area contributed by atoms with Crippen molar-refractivity contribution in [1.29, 1.82) is 0 Å². The summed E-state index contributed by atoms with van der Waals surface area (Å²) in [6, 6.07) is 1.72. The van der Waals surface area contributed by atoms with E-state index in [0.29, 0.717) is 17.5 Å². The molecule has 72 valence electrons. The van der Waals surface area contributed by atoms with E-state index in [4.69, 9.17) is 14.2 Å². The van der Waals surface area contributed by atoms with Gasteiger partial charge in [-0.05, 0) is 6.92 Å². The Balaban J connectivity index is 3.20. The summed E-state index contributed by atoms with van der Waals surface area (Å²) < 4.78 is 15.2. The normalized spacial score (nSPS) is 9.54. The zero-order valence-electron chi connectivity index (χ0n) is 8.25. The van der Waals surface area contributed by atoms with Gasteiger partial charge in [-0.3, -0.25) is 0 Å². The van der Waals surface area contributed by atoms with Crippen molar-refractivity contribution in [3.8, 4) is 17.5 Å². The summed E-state index contributed by atoms with van der Waals surface area (Å²) in [7, 11) is 4.71. The molecule has 4 heteroatoms. The van der Waals surface area contributed by atoms with Crippen LogP contribution >= 0.6 is 0 Å². The van der Waals surface area contributed by atoms with E-state index in [1.165, 1.54) is 0 Å². The van der Waals surface area contributed by atoms with Gasteiger partial charge < -0.3 is 14.2 Å². The van der Waals surface area contributed by atoms with Gasteiger partial charge in [0, 0.05) is 6.07 Å². The molecule has 0 aliphatic rings. The molecule has 0 radical (unpaired) electrons. The molecule has 1 heterocycles. The maximum Gasteiger partial charge on any atom is 0.223 e. The molecular weight excluding hydrogens is 170 g/mol. The molecule has 4 nitrogen and oxygen atoms in total. The SMILES string of the molecule is COc1cc(OC)c(C)c(OC)n1. The highest BCUT2D eigenvalue weighted by Crippen LogP contribution is 2.29. The first kappa shape index (κ1) is 9.64. The molecule has 0 bridgehead atoms. The van der Waals surface area contributed by atoms with E-state index in [0.717, 1.165) is 5.56 Å². The average Bonchev–Trinajstić information content (AvgIpc) is 2.18. The molecule has 0 aromatic carbocycles. The van der Waals surface area contributed by atoms with Crippen LogP contribution in [0.5, 0.6) is 17.5 Å². The average molecular weight is 183 g/mol. The number of hydrogen-bond acceptors (Lipinski definition) is 4. The summed E-state index contributed by atoms with van der Waals surface area (Å²) in [6.07, 6.45) is 0. The summed E-state index contributed by atoms with van der Waals surface area (Å²) in [6.45, 7) is 1.88. The van der Waals surface area contributed by atoms with Gasteiger partial charge in [-0.2, -0.15) is 4.98 Å². The highest BCUT2D eigenvalue weighted by molar-refractivity contribution is 5.42. The molecule has 0 fully saturated rings. The van der Waals surface area contributed by atoms with Gasteiger partial charge in [0.1, 0.15) is 5.75 Å². The Labute approximate surface area is 77.5 Å². The van der Waals surface area contributed by atoms with E-state index in [1.807, 2.05) is 6.92 Å². The van der Waals surface area contributed by atoms with Gasteiger partial charge >= 0.3 is 0 Å². The summed E-state index contributed by atoms with van der Waals surface area (Å²) in [5, 5.41) is 0. The molecular formula is C9H13NO3. The molecule has 1 rings (SSSR count). The molecule has 13 heavy (non-hydrogen) atoms.